The first-order chi connectivity index (χ1) is 15.9. The van der Waals surface area contributed by atoms with Gasteiger partial charge in [-0.25, -0.2) is 15.5 Å². The summed E-state index contributed by atoms with van der Waals surface area (Å²) >= 11 is 6.51. The minimum atomic E-state index is -3.28. The fraction of sp³-hybridized carbons (Fsp3) is 0.250. The fourth-order valence-electron chi connectivity index (χ4n) is 3.95. The van der Waals surface area contributed by atoms with Crippen LogP contribution >= 0.6 is 19.1 Å². The number of nitrogens with two attached hydrogens (primary N) is 1. The van der Waals surface area contributed by atoms with Gasteiger partial charge < -0.3 is 9.26 Å². The number of imidazole rings is 1. The van der Waals surface area contributed by atoms with Crippen LogP contribution in [-0.2, 0) is 11.2 Å². The zero-order valence-electron chi connectivity index (χ0n) is 18.1. The minimum absolute atomic E-state index is 0.315. The molecule has 7 nitrogen and oxygen atoms in total. The van der Waals surface area contributed by atoms with Crippen LogP contribution in [0.4, 0.5) is 0 Å². The smallest absolute Gasteiger partial charge is 0.311 e. The van der Waals surface area contributed by atoms with Gasteiger partial charge in [0.25, 0.3) is 0 Å². The highest BCUT2D eigenvalue weighted by Gasteiger charge is 2.27. The van der Waals surface area contributed by atoms with E-state index < -0.39 is 7.52 Å². The number of aromatic nitrogens is 3. The first kappa shape index (κ1) is 22.0. The van der Waals surface area contributed by atoms with Gasteiger partial charge >= 0.3 is 7.52 Å². The quantitative estimate of drug-likeness (QED) is 0.322. The van der Waals surface area contributed by atoms with Crippen molar-refractivity contribution in [3.63, 3.8) is 0 Å². The predicted octanol–water partition coefficient (Wildman–Crippen LogP) is 6.06. The molecule has 0 aliphatic heterocycles. The lowest BCUT2D eigenvalue weighted by Gasteiger charge is -2.23. The standard InChI is InChI=1S/C24H24ClN4O3P/c1-33(26,30)32-19-11-10-18(14-20(19)31-15-16-6-3-2-4-7-16)21-22-23(25)27-12-13-29(22)24(28-21)17-8-5-9-17/h2-4,6-7,10-14,17H,5,8-9,15H2,1H3,(H2,26,30). The molecule has 2 aromatic carbocycles. The van der Waals surface area contributed by atoms with Gasteiger partial charge in [0.15, 0.2) is 16.7 Å². The molecular formula is C24H24ClN4O3P. The van der Waals surface area contributed by atoms with Crippen molar-refractivity contribution in [2.45, 2.75) is 31.8 Å². The molecule has 9 heteroatoms. The SMILES string of the molecule is CP(N)(=O)Oc1ccc(-c2nc(C3CCC3)n3ccnc(Cl)c23)cc1OCc1ccccc1. The van der Waals surface area contributed by atoms with Gasteiger partial charge in [0.1, 0.15) is 17.9 Å². The van der Waals surface area contributed by atoms with E-state index in [9.17, 15) is 4.57 Å². The van der Waals surface area contributed by atoms with Crippen molar-refractivity contribution in [3.8, 4) is 22.8 Å². The number of hydrogen-bond acceptors (Lipinski definition) is 5. The molecule has 0 amide bonds. The van der Waals surface area contributed by atoms with Crippen LogP contribution in [0, 0.1) is 0 Å². The molecular weight excluding hydrogens is 459 g/mol. The topological polar surface area (TPSA) is 91.7 Å². The van der Waals surface area contributed by atoms with E-state index >= 15 is 0 Å². The lowest BCUT2D eigenvalue weighted by molar-refractivity contribution is 0.296. The second kappa shape index (κ2) is 8.82. The van der Waals surface area contributed by atoms with E-state index in [1.54, 1.807) is 12.3 Å². The van der Waals surface area contributed by atoms with Gasteiger partial charge in [-0.3, -0.25) is 8.97 Å². The molecule has 0 radical (unpaired) electrons. The third kappa shape index (κ3) is 4.62. The summed E-state index contributed by atoms with van der Waals surface area (Å²) in [4.78, 5) is 9.24. The molecule has 2 N–H and O–H groups in total. The van der Waals surface area contributed by atoms with Crippen LogP contribution in [0.3, 0.4) is 0 Å². The second-order valence-electron chi connectivity index (χ2n) is 8.32. The summed E-state index contributed by atoms with van der Waals surface area (Å²) in [6.45, 7) is 1.68. The Hall–Kier alpha value is -2.86. The van der Waals surface area contributed by atoms with Gasteiger partial charge in [-0.05, 0) is 36.6 Å². The summed E-state index contributed by atoms with van der Waals surface area (Å²) in [6, 6.07) is 15.1. The Labute approximate surface area is 197 Å². The van der Waals surface area contributed by atoms with Crippen LogP contribution in [0.15, 0.2) is 60.9 Å². The molecule has 0 saturated heterocycles. The third-order valence-electron chi connectivity index (χ3n) is 5.74. The number of nitrogens with zero attached hydrogens (tertiary/aromatic N) is 3. The Balaban J connectivity index is 1.58. The highest BCUT2D eigenvalue weighted by Crippen LogP contribution is 2.44. The van der Waals surface area contributed by atoms with Gasteiger partial charge in [0, 0.05) is 30.5 Å². The monoisotopic (exact) mass is 482 g/mol. The van der Waals surface area contributed by atoms with E-state index in [1.165, 1.54) is 13.1 Å². The lowest BCUT2D eigenvalue weighted by atomic mass is 9.85. The maximum atomic E-state index is 12.2. The van der Waals surface area contributed by atoms with E-state index in [0.29, 0.717) is 29.2 Å². The Morgan fingerprint density at radius 1 is 1.18 bits per heavy atom. The molecule has 1 atom stereocenters. The van der Waals surface area contributed by atoms with Gasteiger partial charge in [-0.2, -0.15) is 0 Å². The number of hydrogen-bond donors (Lipinski definition) is 1. The van der Waals surface area contributed by atoms with E-state index in [-0.39, 0.29) is 0 Å². The first-order valence-corrected chi connectivity index (χ1v) is 13.3. The first-order valence-electron chi connectivity index (χ1n) is 10.8. The van der Waals surface area contributed by atoms with E-state index in [0.717, 1.165) is 41.0 Å². The molecule has 1 aliphatic rings. The molecule has 4 aromatic rings. The molecule has 33 heavy (non-hydrogen) atoms. The number of fused-ring (bicyclic) bond motifs is 1. The van der Waals surface area contributed by atoms with Gasteiger partial charge in [0.2, 0.25) is 0 Å². The molecule has 170 valence electrons. The van der Waals surface area contributed by atoms with Crippen LogP contribution in [-0.4, -0.2) is 21.0 Å². The molecule has 2 aromatic heterocycles. The Kier molecular flexibility index (Phi) is 5.87. The summed E-state index contributed by atoms with van der Waals surface area (Å²) in [5, 5.41) is 0.387. The maximum Gasteiger partial charge on any atom is 0.311 e. The number of rotatable bonds is 7. The molecule has 2 heterocycles. The molecule has 0 spiro atoms. The molecule has 5 rings (SSSR count). The summed E-state index contributed by atoms with van der Waals surface area (Å²) in [7, 11) is -3.28. The molecule has 1 aliphatic carbocycles. The maximum absolute atomic E-state index is 12.2. The van der Waals surface area contributed by atoms with Crippen molar-refractivity contribution in [1.82, 2.24) is 14.4 Å². The average Bonchev–Trinajstić information content (AvgIpc) is 3.12. The van der Waals surface area contributed by atoms with Crippen molar-refractivity contribution in [2.24, 2.45) is 5.50 Å². The molecule has 1 fully saturated rings. The fourth-order valence-corrected chi connectivity index (χ4v) is 4.73. The lowest BCUT2D eigenvalue weighted by Crippen LogP contribution is -2.12. The van der Waals surface area contributed by atoms with Crippen LogP contribution in [0.5, 0.6) is 11.5 Å². The van der Waals surface area contributed by atoms with Gasteiger partial charge in [-0.15, -0.1) is 0 Å². The second-order valence-corrected chi connectivity index (χ2v) is 10.7. The van der Waals surface area contributed by atoms with Gasteiger partial charge in [-0.1, -0.05) is 48.4 Å². The summed E-state index contributed by atoms with van der Waals surface area (Å²) in [5.74, 6) is 2.14. The average molecular weight is 483 g/mol. The normalized spacial score (nSPS) is 15.7. The molecule has 1 saturated carbocycles. The van der Waals surface area contributed by atoms with Crippen LogP contribution in [0.25, 0.3) is 16.8 Å². The van der Waals surface area contributed by atoms with Crippen LogP contribution < -0.4 is 14.8 Å². The zero-order chi connectivity index (χ0) is 23.0. The van der Waals surface area contributed by atoms with E-state index in [2.05, 4.69) is 4.98 Å². The van der Waals surface area contributed by atoms with Crippen molar-refractivity contribution < 1.29 is 13.8 Å². The number of halogens is 1. The zero-order valence-corrected chi connectivity index (χ0v) is 19.8. The third-order valence-corrected chi connectivity index (χ3v) is 6.58. The Morgan fingerprint density at radius 3 is 2.67 bits per heavy atom. The summed E-state index contributed by atoms with van der Waals surface area (Å²) < 4.78 is 25.8. The summed E-state index contributed by atoms with van der Waals surface area (Å²) in [6.07, 6.45) is 7.01. The minimum Gasteiger partial charge on any atom is -0.485 e. The highest BCUT2D eigenvalue weighted by atomic mass is 35.5. The van der Waals surface area contributed by atoms with Crippen molar-refractivity contribution in [1.29, 1.82) is 0 Å². The Morgan fingerprint density at radius 2 is 1.97 bits per heavy atom. The van der Waals surface area contributed by atoms with Crippen LogP contribution in [0.1, 0.15) is 36.6 Å². The largest absolute Gasteiger partial charge is 0.485 e. The summed E-state index contributed by atoms with van der Waals surface area (Å²) in [5.41, 5.74) is 8.95. The molecule has 0 bridgehead atoms. The van der Waals surface area contributed by atoms with E-state index in [1.807, 2.05) is 53.1 Å². The number of benzene rings is 2. The van der Waals surface area contributed by atoms with Crippen molar-refractivity contribution >= 4 is 24.6 Å². The number of ether oxygens (including phenoxy) is 1. The highest BCUT2D eigenvalue weighted by molar-refractivity contribution is 7.56. The van der Waals surface area contributed by atoms with E-state index in [4.69, 9.17) is 31.3 Å². The molecule has 1 unspecified atom stereocenters. The van der Waals surface area contributed by atoms with Gasteiger partial charge in [0.05, 0.1) is 5.69 Å². The van der Waals surface area contributed by atoms with Crippen LogP contribution in [0.2, 0.25) is 5.15 Å². The predicted molar refractivity (Wildman–Crippen MR) is 129 cm³/mol. The Bertz CT molecular complexity index is 1350. The van der Waals surface area contributed by atoms with Crippen molar-refractivity contribution in [2.75, 3.05) is 6.66 Å². The van der Waals surface area contributed by atoms with Crippen molar-refractivity contribution in [3.05, 3.63) is 77.5 Å².